The Morgan fingerprint density at radius 1 is 0.939 bits per heavy atom. The van der Waals surface area contributed by atoms with Crippen molar-refractivity contribution in [2.24, 2.45) is 0 Å². The molecule has 0 spiro atoms. The third-order valence-corrected chi connectivity index (χ3v) is 8.72. The minimum atomic E-state index is -4.43. The van der Waals surface area contributed by atoms with Crippen LogP contribution in [0.25, 0.3) is 11.1 Å². The molecule has 0 radical (unpaired) electrons. The zero-order chi connectivity index (χ0) is 24.2. The number of aliphatic hydroxyl groups excluding tert-OH is 1. The summed E-state index contributed by atoms with van der Waals surface area (Å²) in [6, 6.07) is 16.4. The lowest BCUT2D eigenvalue weighted by Gasteiger charge is -2.14. The fraction of sp³-hybridized carbons (Fsp3) is 0.304. The Labute approximate surface area is 199 Å². The summed E-state index contributed by atoms with van der Waals surface area (Å²) in [5.74, 6) is -0.125. The van der Waals surface area contributed by atoms with Gasteiger partial charge in [-0.3, -0.25) is 4.55 Å². The Bertz CT molecular complexity index is 1280. The van der Waals surface area contributed by atoms with E-state index in [1.807, 2.05) is 13.0 Å². The van der Waals surface area contributed by atoms with Crippen molar-refractivity contribution in [2.45, 2.75) is 41.9 Å². The number of hydrogen-bond acceptors (Lipinski definition) is 5. The molecule has 0 fully saturated rings. The predicted octanol–water partition coefficient (Wildman–Crippen LogP) is 4.30. The first-order chi connectivity index (χ1) is 15.6. The lowest BCUT2D eigenvalue weighted by atomic mass is 10.0. The van der Waals surface area contributed by atoms with Crippen molar-refractivity contribution in [1.82, 2.24) is 3.82 Å². The van der Waals surface area contributed by atoms with Gasteiger partial charge in [0.25, 0.3) is 20.1 Å². The molecule has 3 rings (SSSR count). The molecule has 7 nitrogen and oxygen atoms in total. The molecule has 1 atom stereocenters. The van der Waals surface area contributed by atoms with Gasteiger partial charge in [0, 0.05) is 24.6 Å². The molecular weight excluding hydrogens is 486 g/mol. The van der Waals surface area contributed by atoms with Crippen molar-refractivity contribution in [2.75, 3.05) is 13.2 Å². The van der Waals surface area contributed by atoms with Crippen LogP contribution >= 0.6 is 11.8 Å². The number of aryl methyl sites for hydroxylation is 1. The highest BCUT2D eigenvalue weighted by atomic mass is 35.5. The molecule has 0 saturated heterocycles. The van der Waals surface area contributed by atoms with E-state index in [1.165, 1.54) is 18.2 Å². The molecule has 178 valence electrons. The summed E-state index contributed by atoms with van der Waals surface area (Å²) in [7, 11) is -8.22. The minimum Gasteiger partial charge on any atom is -0.396 e. The van der Waals surface area contributed by atoms with Crippen LogP contribution in [0.15, 0.2) is 70.5 Å². The summed E-state index contributed by atoms with van der Waals surface area (Å²) in [6.45, 7) is 1.90. The highest BCUT2D eigenvalue weighted by Gasteiger charge is 2.24. The average molecular weight is 512 g/mol. The van der Waals surface area contributed by atoms with Crippen LogP contribution in [0, 0.1) is 0 Å². The average Bonchev–Trinajstić information content (AvgIpc) is 3.00. The van der Waals surface area contributed by atoms with Gasteiger partial charge < -0.3 is 5.11 Å². The summed E-state index contributed by atoms with van der Waals surface area (Å²) in [5, 5.41) is 9.42. The highest BCUT2D eigenvalue weighted by Crippen LogP contribution is 2.36. The topological polar surface area (TPSA) is 112 Å². The molecule has 0 amide bonds. The monoisotopic (exact) mass is 511 g/mol. The first-order valence-electron chi connectivity index (χ1n) is 10.4. The molecular formula is C23H26ClNO6S2. The van der Waals surface area contributed by atoms with E-state index in [-0.39, 0.29) is 28.9 Å². The standard InChI is InChI=1S/C23H26ClNO6S2/c1-17(16-26)18-10-12-21-19(15-23(33(29,30)31)22(21)13-11-18)7-5-6-14-25(24)32(27,28)20-8-3-2-4-9-20/h2-4,8-13,15,17,26H,5-7,14,16H2,1H3,(H,29,30,31). The second-order valence-electron chi connectivity index (χ2n) is 7.87. The molecule has 1 aromatic rings. The van der Waals surface area contributed by atoms with Crippen LogP contribution in [0.3, 0.4) is 0 Å². The molecule has 2 aliphatic carbocycles. The SMILES string of the molecule is CC(CO)c1ccc2c(CCCCN(Cl)S(=O)(=O)c3ccccc3)cc(S(=O)(=O)O)c-2cc1. The van der Waals surface area contributed by atoms with Gasteiger partial charge in [0.1, 0.15) is 4.90 Å². The molecule has 1 aromatic carbocycles. The van der Waals surface area contributed by atoms with Gasteiger partial charge in [0.15, 0.2) is 0 Å². The van der Waals surface area contributed by atoms with Gasteiger partial charge in [-0.15, -0.1) is 3.82 Å². The second kappa shape index (κ2) is 10.5. The van der Waals surface area contributed by atoms with Gasteiger partial charge in [0.2, 0.25) is 0 Å². The van der Waals surface area contributed by atoms with Gasteiger partial charge in [0.05, 0.1) is 4.90 Å². The molecule has 0 heterocycles. The molecule has 0 saturated carbocycles. The number of fused-ring (bicyclic) bond motifs is 1. The van der Waals surface area contributed by atoms with Crippen LogP contribution < -0.4 is 0 Å². The van der Waals surface area contributed by atoms with Crippen molar-refractivity contribution in [3.63, 3.8) is 0 Å². The van der Waals surface area contributed by atoms with E-state index in [2.05, 4.69) is 0 Å². The van der Waals surface area contributed by atoms with Gasteiger partial charge >= 0.3 is 0 Å². The summed E-state index contributed by atoms with van der Waals surface area (Å²) in [4.78, 5) is -0.0582. The van der Waals surface area contributed by atoms with Crippen molar-refractivity contribution in [3.05, 3.63) is 71.8 Å². The zero-order valence-corrected chi connectivity index (χ0v) is 20.4. The van der Waals surface area contributed by atoms with Crippen molar-refractivity contribution in [3.8, 4) is 11.1 Å². The van der Waals surface area contributed by atoms with Crippen molar-refractivity contribution in [1.29, 1.82) is 0 Å². The zero-order valence-electron chi connectivity index (χ0n) is 18.1. The molecule has 2 aliphatic rings. The largest absolute Gasteiger partial charge is 0.396 e. The molecule has 2 N–H and O–H groups in total. The molecule has 10 heteroatoms. The fourth-order valence-electron chi connectivity index (χ4n) is 3.64. The Hall–Kier alpha value is -2.01. The third-order valence-electron chi connectivity index (χ3n) is 5.54. The molecule has 1 unspecified atom stereocenters. The summed E-state index contributed by atoms with van der Waals surface area (Å²) in [5.41, 5.74) is 2.64. The van der Waals surface area contributed by atoms with Gasteiger partial charge in [-0.05, 0) is 65.9 Å². The van der Waals surface area contributed by atoms with Crippen LogP contribution in [-0.2, 0) is 26.6 Å². The number of nitrogens with zero attached hydrogens (tertiary/aromatic N) is 1. The van der Waals surface area contributed by atoms with E-state index >= 15 is 0 Å². The first kappa shape index (κ1) is 25.6. The van der Waals surface area contributed by atoms with Crippen molar-refractivity contribution < 1.29 is 26.5 Å². The Kier molecular flexibility index (Phi) is 8.15. The summed E-state index contributed by atoms with van der Waals surface area (Å²) in [6.07, 6.45) is 1.47. The molecule has 33 heavy (non-hydrogen) atoms. The van der Waals surface area contributed by atoms with Crippen LogP contribution in [-0.4, -0.2) is 43.5 Å². The Balaban J connectivity index is 1.76. The summed E-state index contributed by atoms with van der Waals surface area (Å²) < 4.78 is 59.4. The normalized spacial score (nSPS) is 13.5. The van der Waals surface area contributed by atoms with Crippen LogP contribution in [0.1, 0.15) is 36.8 Å². The maximum absolute atomic E-state index is 12.5. The predicted molar refractivity (Wildman–Crippen MR) is 128 cm³/mol. The highest BCUT2D eigenvalue weighted by molar-refractivity contribution is 7.90. The molecule has 0 aliphatic heterocycles. The number of benzene rings is 1. The van der Waals surface area contributed by atoms with E-state index in [1.54, 1.807) is 36.4 Å². The lowest BCUT2D eigenvalue weighted by molar-refractivity contribution is 0.273. The van der Waals surface area contributed by atoms with E-state index < -0.39 is 20.1 Å². The molecule has 0 aromatic heterocycles. The number of aliphatic hydroxyl groups is 1. The number of rotatable bonds is 10. The number of halogens is 1. The van der Waals surface area contributed by atoms with Crippen LogP contribution in [0.2, 0.25) is 0 Å². The van der Waals surface area contributed by atoms with E-state index in [0.717, 1.165) is 15.0 Å². The molecule has 0 bridgehead atoms. The lowest BCUT2D eigenvalue weighted by Crippen LogP contribution is -2.23. The Morgan fingerprint density at radius 3 is 2.18 bits per heavy atom. The summed E-state index contributed by atoms with van der Waals surface area (Å²) >= 11 is 6.04. The number of sulfonamides is 1. The van der Waals surface area contributed by atoms with E-state index in [4.69, 9.17) is 11.8 Å². The Morgan fingerprint density at radius 2 is 1.58 bits per heavy atom. The number of unbranched alkanes of at least 4 members (excludes halogenated alkanes) is 1. The van der Waals surface area contributed by atoms with E-state index in [0.29, 0.717) is 30.4 Å². The maximum Gasteiger partial charge on any atom is 0.295 e. The quantitative estimate of drug-likeness (QED) is 0.238. The smallest absolute Gasteiger partial charge is 0.295 e. The van der Waals surface area contributed by atoms with Gasteiger partial charge in [-0.1, -0.05) is 49.4 Å². The number of hydrogen-bond donors (Lipinski definition) is 2. The van der Waals surface area contributed by atoms with Gasteiger partial charge in [-0.2, -0.15) is 8.42 Å². The van der Waals surface area contributed by atoms with Crippen LogP contribution in [0.5, 0.6) is 0 Å². The van der Waals surface area contributed by atoms with E-state index in [9.17, 15) is 26.5 Å². The maximum atomic E-state index is 12.5. The van der Waals surface area contributed by atoms with Crippen molar-refractivity contribution >= 4 is 31.9 Å². The van der Waals surface area contributed by atoms with Crippen LogP contribution in [0.4, 0.5) is 0 Å². The van der Waals surface area contributed by atoms with Gasteiger partial charge in [-0.25, -0.2) is 8.42 Å². The fourth-order valence-corrected chi connectivity index (χ4v) is 5.84. The third kappa shape index (κ3) is 5.92. The second-order valence-corrected chi connectivity index (χ2v) is 11.7. The first-order valence-corrected chi connectivity index (χ1v) is 13.6. The minimum absolute atomic E-state index is 0.0485.